The van der Waals surface area contributed by atoms with Gasteiger partial charge in [0.05, 0.1) is 5.71 Å². The van der Waals surface area contributed by atoms with Crippen LogP contribution in [0.2, 0.25) is 5.02 Å². The zero-order valence-corrected chi connectivity index (χ0v) is 16.4. The first-order valence-corrected chi connectivity index (χ1v) is 9.81. The number of hydrazone groups is 1. The van der Waals surface area contributed by atoms with Crippen molar-refractivity contribution < 1.29 is 0 Å². The maximum absolute atomic E-state index is 5.97. The van der Waals surface area contributed by atoms with Gasteiger partial charge in [-0.2, -0.15) is 5.10 Å². The fourth-order valence-electron chi connectivity index (χ4n) is 3.53. The first-order valence-electron chi connectivity index (χ1n) is 9.43. The summed E-state index contributed by atoms with van der Waals surface area (Å²) in [5.41, 5.74) is 3.58. The van der Waals surface area contributed by atoms with E-state index in [-0.39, 0.29) is 0 Å². The molecule has 1 aliphatic heterocycles. The molecule has 3 aromatic carbocycles. The van der Waals surface area contributed by atoms with Gasteiger partial charge in [-0.15, -0.1) is 0 Å². The van der Waals surface area contributed by atoms with Gasteiger partial charge in [0.15, 0.2) is 0 Å². The molecule has 4 heteroatoms. The van der Waals surface area contributed by atoms with Crippen molar-refractivity contribution in [3.05, 3.63) is 82.9 Å². The highest BCUT2D eigenvalue weighted by Crippen LogP contribution is 2.17. The smallest absolute Gasteiger partial charge is 0.0646 e. The Labute approximate surface area is 165 Å². The van der Waals surface area contributed by atoms with Crippen LogP contribution in [0.25, 0.3) is 10.8 Å². The second-order valence-electron chi connectivity index (χ2n) is 7.10. The van der Waals surface area contributed by atoms with Gasteiger partial charge in [-0.3, -0.25) is 9.91 Å². The average Bonchev–Trinajstić information content (AvgIpc) is 2.71. The van der Waals surface area contributed by atoms with Crippen molar-refractivity contribution >= 4 is 28.1 Å². The summed E-state index contributed by atoms with van der Waals surface area (Å²) in [5, 5.41) is 10.4. The van der Waals surface area contributed by atoms with E-state index in [9.17, 15) is 0 Å². The van der Waals surface area contributed by atoms with Crippen LogP contribution < -0.4 is 0 Å². The predicted molar refractivity (Wildman–Crippen MR) is 114 cm³/mol. The fourth-order valence-corrected chi connectivity index (χ4v) is 3.65. The quantitative estimate of drug-likeness (QED) is 0.593. The molecule has 4 rings (SSSR count). The third-order valence-corrected chi connectivity index (χ3v) is 5.38. The van der Waals surface area contributed by atoms with Gasteiger partial charge < -0.3 is 0 Å². The summed E-state index contributed by atoms with van der Waals surface area (Å²) in [6, 6.07) is 23.2. The zero-order valence-electron chi connectivity index (χ0n) is 15.6. The Morgan fingerprint density at radius 2 is 1.59 bits per heavy atom. The van der Waals surface area contributed by atoms with E-state index in [1.165, 1.54) is 21.9 Å². The molecule has 0 radical (unpaired) electrons. The molecule has 27 heavy (non-hydrogen) atoms. The van der Waals surface area contributed by atoms with Crippen LogP contribution in [-0.2, 0) is 6.54 Å². The zero-order chi connectivity index (χ0) is 18.6. The highest BCUT2D eigenvalue weighted by Gasteiger charge is 2.16. The van der Waals surface area contributed by atoms with Crippen molar-refractivity contribution in [1.29, 1.82) is 0 Å². The lowest BCUT2D eigenvalue weighted by atomic mass is 10.0. The summed E-state index contributed by atoms with van der Waals surface area (Å²) in [6.07, 6.45) is 0. The molecule has 1 saturated heterocycles. The lowest BCUT2D eigenvalue weighted by molar-refractivity contribution is 0.130. The Balaban J connectivity index is 1.37. The number of hydrogen-bond donors (Lipinski definition) is 0. The topological polar surface area (TPSA) is 18.8 Å². The number of hydrogen-bond acceptors (Lipinski definition) is 3. The molecule has 0 saturated carbocycles. The number of fused-ring (bicyclic) bond motifs is 1. The summed E-state index contributed by atoms with van der Waals surface area (Å²) in [4.78, 5) is 2.47. The van der Waals surface area contributed by atoms with E-state index in [0.717, 1.165) is 43.5 Å². The molecule has 1 heterocycles. The van der Waals surface area contributed by atoms with Crippen molar-refractivity contribution in [2.75, 3.05) is 26.2 Å². The molecule has 0 aromatic heterocycles. The molecule has 0 N–H and O–H groups in total. The minimum absolute atomic E-state index is 0.794. The van der Waals surface area contributed by atoms with E-state index in [0.29, 0.717) is 0 Å². The molecule has 0 bridgehead atoms. The minimum Gasteiger partial charge on any atom is -0.295 e. The number of rotatable bonds is 4. The molecule has 0 unspecified atom stereocenters. The van der Waals surface area contributed by atoms with Crippen molar-refractivity contribution in [2.24, 2.45) is 5.10 Å². The van der Waals surface area contributed by atoms with Crippen LogP contribution >= 0.6 is 11.6 Å². The molecule has 0 spiro atoms. The molecule has 0 atom stereocenters. The largest absolute Gasteiger partial charge is 0.295 e. The van der Waals surface area contributed by atoms with E-state index in [2.05, 4.69) is 71.4 Å². The Bertz CT molecular complexity index is 941. The number of piperazine rings is 1. The summed E-state index contributed by atoms with van der Waals surface area (Å²) in [6.45, 7) is 7.04. The van der Waals surface area contributed by atoms with Crippen molar-refractivity contribution in [2.45, 2.75) is 13.5 Å². The summed E-state index contributed by atoms with van der Waals surface area (Å²) in [5.74, 6) is 0. The first-order chi connectivity index (χ1) is 13.2. The third-order valence-electron chi connectivity index (χ3n) is 5.13. The molecule has 1 aliphatic rings. The predicted octanol–water partition coefficient (Wildman–Crippen LogP) is 5.04. The maximum atomic E-state index is 5.97. The summed E-state index contributed by atoms with van der Waals surface area (Å²) in [7, 11) is 0. The molecule has 3 aromatic rings. The van der Waals surface area contributed by atoms with Gasteiger partial charge in [0, 0.05) is 37.7 Å². The molecule has 0 amide bonds. The molecule has 138 valence electrons. The Morgan fingerprint density at radius 1 is 0.889 bits per heavy atom. The molecule has 1 fully saturated rings. The van der Waals surface area contributed by atoms with Crippen molar-refractivity contribution in [1.82, 2.24) is 9.91 Å². The Kier molecular flexibility index (Phi) is 5.42. The first kappa shape index (κ1) is 18.0. The van der Waals surface area contributed by atoms with Gasteiger partial charge in [-0.05, 0) is 47.0 Å². The number of benzene rings is 3. The lowest BCUT2D eigenvalue weighted by Crippen LogP contribution is -2.43. The van der Waals surface area contributed by atoms with Crippen LogP contribution in [0.15, 0.2) is 71.8 Å². The Morgan fingerprint density at radius 3 is 2.33 bits per heavy atom. The van der Waals surface area contributed by atoms with E-state index >= 15 is 0 Å². The van der Waals surface area contributed by atoms with Gasteiger partial charge in [0.1, 0.15) is 0 Å². The normalized spacial score (nSPS) is 16.1. The van der Waals surface area contributed by atoms with Crippen LogP contribution in [0.4, 0.5) is 0 Å². The highest BCUT2D eigenvalue weighted by atomic mass is 35.5. The SMILES string of the molecule is C/C(=N\N1CCN(Cc2ccc(Cl)cc2)CC1)c1ccc2ccccc2c1. The second kappa shape index (κ2) is 8.12. The molecule has 0 aliphatic carbocycles. The van der Waals surface area contributed by atoms with Crippen molar-refractivity contribution in [3.63, 3.8) is 0 Å². The number of halogens is 1. The van der Waals surface area contributed by atoms with Crippen molar-refractivity contribution in [3.8, 4) is 0 Å². The molecule has 3 nitrogen and oxygen atoms in total. The van der Waals surface area contributed by atoms with Crippen LogP contribution in [0.3, 0.4) is 0 Å². The van der Waals surface area contributed by atoms with E-state index < -0.39 is 0 Å². The fraction of sp³-hybridized carbons (Fsp3) is 0.261. The van der Waals surface area contributed by atoms with Gasteiger partial charge in [-0.25, -0.2) is 0 Å². The van der Waals surface area contributed by atoms with E-state index in [1.54, 1.807) is 0 Å². The standard InChI is InChI=1S/C23H24ClN3/c1-18(21-9-8-20-4-2-3-5-22(20)16-21)25-27-14-12-26(13-15-27)17-19-6-10-23(24)11-7-19/h2-11,16H,12-15,17H2,1H3/b25-18+. The van der Waals surface area contributed by atoms with E-state index in [4.69, 9.17) is 16.7 Å². The lowest BCUT2D eigenvalue weighted by Gasteiger charge is -2.33. The minimum atomic E-state index is 0.794. The second-order valence-corrected chi connectivity index (χ2v) is 7.54. The molecular formula is C23H24ClN3. The van der Waals surface area contributed by atoms with Crippen LogP contribution in [-0.4, -0.2) is 41.8 Å². The van der Waals surface area contributed by atoms with Gasteiger partial charge in [-0.1, -0.05) is 60.1 Å². The van der Waals surface area contributed by atoms with Crippen LogP contribution in [0, 0.1) is 0 Å². The monoisotopic (exact) mass is 377 g/mol. The van der Waals surface area contributed by atoms with Gasteiger partial charge in [0.25, 0.3) is 0 Å². The van der Waals surface area contributed by atoms with Gasteiger partial charge >= 0.3 is 0 Å². The molecular weight excluding hydrogens is 354 g/mol. The maximum Gasteiger partial charge on any atom is 0.0646 e. The summed E-state index contributed by atoms with van der Waals surface area (Å²) < 4.78 is 0. The third kappa shape index (κ3) is 4.49. The van der Waals surface area contributed by atoms with Crippen LogP contribution in [0.5, 0.6) is 0 Å². The van der Waals surface area contributed by atoms with Crippen LogP contribution in [0.1, 0.15) is 18.1 Å². The number of nitrogens with zero attached hydrogens (tertiary/aromatic N) is 3. The van der Waals surface area contributed by atoms with Gasteiger partial charge in [0.2, 0.25) is 0 Å². The summed E-state index contributed by atoms with van der Waals surface area (Å²) >= 11 is 5.97. The average molecular weight is 378 g/mol. The Hall–Kier alpha value is -2.36. The highest BCUT2D eigenvalue weighted by molar-refractivity contribution is 6.30. The van der Waals surface area contributed by atoms with E-state index in [1.807, 2.05) is 12.1 Å².